The average molecular weight is 349 g/mol. The zero-order valence-electron chi connectivity index (χ0n) is 10.4. The number of benzene rings is 2. The number of ketones is 1. The molecule has 1 unspecified atom stereocenters. The van der Waals surface area contributed by atoms with Crippen LogP contribution in [0.3, 0.4) is 0 Å². The third-order valence-corrected chi connectivity index (χ3v) is 4.67. The second kappa shape index (κ2) is 6.64. The van der Waals surface area contributed by atoms with Gasteiger partial charge in [0.1, 0.15) is 0 Å². The summed E-state index contributed by atoms with van der Waals surface area (Å²) in [6.45, 7) is 0. The monoisotopic (exact) mass is 348 g/mol. The predicted molar refractivity (Wildman–Crippen MR) is 78.4 cm³/mol. The summed E-state index contributed by atoms with van der Waals surface area (Å²) < 4.78 is 38.0. The molecule has 0 aliphatic rings. The Morgan fingerprint density at radius 2 is 1.76 bits per heavy atom. The molecule has 7 heteroatoms. The van der Waals surface area contributed by atoms with Gasteiger partial charge in [-0.1, -0.05) is 23.2 Å². The molecular formula is C14H8Cl2F2O2S. The minimum Gasteiger partial charge on any atom is -0.293 e. The van der Waals surface area contributed by atoms with Crippen molar-refractivity contribution in [1.29, 1.82) is 0 Å². The van der Waals surface area contributed by atoms with Crippen molar-refractivity contribution in [3.8, 4) is 0 Å². The Morgan fingerprint density at radius 1 is 1.05 bits per heavy atom. The molecule has 0 heterocycles. The summed E-state index contributed by atoms with van der Waals surface area (Å²) in [7, 11) is -1.73. The topological polar surface area (TPSA) is 34.1 Å². The van der Waals surface area contributed by atoms with Crippen molar-refractivity contribution in [2.24, 2.45) is 0 Å². The van der Waals surface area contributed by atoms with Gasteiger partial charge in [-0.3, -0.25) is 9.00 Å². The number of carbonyl (C=O) groups excluding carboxylic acids is 1. The quantitative estimate of drug-likeness (QED) is 0.773. The minimum atomic E-state index is -1.73. The van der Waals surface area contributed by atoms with Crippen LogP contribution in [0.4, 0.5) is 8.78 Å². The van der Waals surface area contributed by atoms with E-state index in [9.17, 15) is 17.8 Å². The molecule has 0 aliphatic carbocycles. The largest absolute Gasteiger partial charge is 0.293 e. The molecule has 21 heavy (non-hydrogen) atoms. The lowest BCUT2D eigenvalue weighted by atomic mass is 10.1. The molecule has 0 saturated carbocycles. The van der Waals surface area contributed by atoms with E-state index < -0.39 is 34.0 Å². The zero-order chi connectivity index (χ0) is 15.6. The Hall–Kier alpha value is -1.30. The van der Waals surface area contributed by atoms with E-state index in [1.165, 1.54) is 18.2 Å². The third-order valence-electron chi connectivity index (χ3n) is 2.64. The van der Waals surface area contributed by atoms with E-state index >= 15 is 0 Å². The van der Waals surface area contributed by atoms with E-state index in [0.29, 0.717) is 5.02 Å². The van der Waals surface area contributed by atoms with Gasteiger partial charge < -0.3 is 0 Å². The Bertz CT molecular complexity index is 735. The van der Waals surface area contributed by atoms with Gasteiger partial charge in [-0.25, -0.2) is 8.78 Å². The van der Waals surface area contributed by atoms with Gasteiger partial charge in [0.2, 0.25) is 0 Å². The number of rotatable bonds is 4. The Morgan fingerprint density at radius 3 is 2.43 bits per heavy atom. The van der Waals surface area contributed by atoms with E-state index in [1.54, 1.807) is 0 Å². The van der Waals surface area contributed by atoms with Crippen molar-refractivity contribution >= 4 is 39.8 Å². The van der Waals surface area contributed by atoms with Gasteiger partial charge in [-0.05, 0) is 36.4 Å². The highest BCUT2D eigenvalue weighted by atomic mass is 35.5. The van der Waals surface area contributed by atoms with Crippen molar-refractivity contribution in [2.45, 2.75) is 4.90 Å². The first kappa shape index (κ1) is 16.1. The van der Waals surface area contributed by atoms with E-state index in [4.69, 9.17) is 23.2 Å². The Labute approximate surface area is 132 Å². The summed E-state index contributed by atoms with van der Waals surface area (Å²) in [6.07, 6.45) is 0. The van der Waals surface area contributed by atoms with Gasteiger partial charge in [-0.15, -0.1) is 0 Å². The molecule has 110 valence electrons. The van der Waals surface area contributed by atoms with Crippen LogP contribution in [-0.4, -0.2) is 15.7 Å². The maximum absolute atomic E-state index is 13.1. The average Bonchev–Trinajstić information content (AvgIpc) is 2.44. The molecule has 0 radical (unpaired) electrons. The highest BCUT2D eigenvalue weighted by Gasteiger charge is 2.16. The molecule has 0 saturated heterocycles. The molecule has 2 aromatic rings. The van der Waals surface area contributed by atoms with E-state index in [2.05, 4.69) is 0 Å². The van der Waals surface area contributed by atoms with Crippen LogP contribution in [0.15, 0.2) is 41.3 Å². The molecule has 2 aromatic carbocycles. The first-order chi connectivity index (χ1) is 9.88. The maximum atomic E-state index is 13.1. The van der Waals surface area contributed by atoms with Crippen LogP contribution in [0.5, 0.6) is 0 Å². The number of hydrogen-bond donors (Lipinski definition) is 0. The van der Waals surface area contributed by atoms with Crippen LogP contribution in [0.25, 0.3) is 0 Å². The smallest absolute Gasteiger partial charge is 0.175 e. The Kier molecular flexibility index (Phi) is 5.08. The third kappa shape index (κ3) is 3.87. The molecule has 0 spiro atoms. The van der Waals surface area contributed by atoms with Crippen LogP contribution in [0.1, 0.15) is 10.4 Å². The summed E-state index contributed by atoms with van der Waals surface area (Å²) in [4.78, 5) is 12.2. The highest BCUT2D eigenvalue weighted by molar-refractivity contribution is 7.86. The fourth-order valence-corrected chi connectivity index (χ4v) is 3.32. The fraction of sp³-hybridized carbons (Fsp3) is 0.0714. The number of halogens is 4. The summed E-state index contributed by atoms with van der Waals surface area (Å²) in [6, 6.07) is 7.16. The number of hydrogen-bond acceptors (Lipinski definition) is 2. The summed E-state index contributed by atoms with van der Waals surface area (Å²) in [5.74, 6) is -3.16. The zero-order valence-corrected chi connectivity index (χ0v) is 12.7. The van der Waals surface area contributed by atoms with Gasteiger partial charge in [0.05, 0.1) is 26.5 Å². The first-order valence-electron chi connectivity index (χ1n) is 5.70. The predicted octanol–water partition coefficient (Wildman–Crippen LogP) is 4.26. The summed E-state index contributed by atoms with van der Waals surface area (Å²) in [5.41, 5.74) is -0.0552. The van der Waals surface area contributed by atoms with Gasteiger partial charge >= 0.3 is 0 Å². The molecule has 0 N–H and O–H groups in total. The van der Waals surface area contributed by atoms with Gasteiger partial charge in [0.25, 0.3) is 0 Å². The summed E-state index contributed by atoms with van der Waals surface area (Å²) >= 11 is 11.7. The molecule has 2 rings (SSSR count). The van der Waals surface area contributed by atoms with E-state index in [0.717, 1.165) is 18.2 Å². The van der Waals surface area contributed by atoms with Crippen LogP contribution in [-0.2, 0) is 10.8 Å². The maximum Gasteiger partial charge on any atom is 0.175 e. The van der Waals surface area contributed by atoms with Crippen molar-refractivity contribution in [2.75, 3.05) is 5.75 Å². The lowest BCUT2D eigenvalue weighted by Crippen LogP contribution is -2.12. The second-order valence-corrected chi connectivity index (χ2v) is 6.38. The van der Waals surface area contributed by atoms with Crippen molar-refractivity contribution in [1.82, 2.24) is 0 Å². The first-order valence-corrected chi connectivity index (χ1v) is 7.77. The lowest BCUT2D eigenvalue weighted by molar-refractivity contribution is 0.102. The lowest BCUT2D eigenvalue weighted by Gasteiger charge is -2.05. The highest BCUT2D eigenvalue weighted by Crippen LogP contribution is 2.24. The second-order valence-electron chi connectivity index (χ2n) is 4.12. The minimum absolute atomic E-state index is 0.0552. The molecule has 1 atom stereocenters. The van der Waals surface area contributed by atoms with Crippen LogP contribution in [0.2, 0.25) is 10.0 Å². The van der Waals surface area contributed by atoms with Crippen LogP contribution in [0, 0.1) is 11.6 Å². The number of Topliss-reactive ketones (excluding diaryl/α,β-unsaturated/α-hetero) is 1. The van der Waals surface area contributed by atoms with Gasteiger partial charge in [0.15, 0.2) is 17.4 Å². The molecule has 0 fully saturated rings. The number of carbonyl (C=O) groups is 1. The van der Waals surface area contributed by atoms with E-state index in [1.807, 2.05) is 0 Å². The molecule has 0 amide bonds. The van der Waals surface area contributed by atoms with Crippen molar-refractivity contribution in [3.63, 3.8) is 0 Å². The van der Waals surface area contributed by atoms with Gasteiger partial charge in [-0.2, -0.15) is 0 Å². The van der Waals surface area contributed by atoms with Gasteiger partial charge in [0, 0.05) is 10.6 Å². The Balaban J connectivity index is 2.20. The summed E-state index contributed by atoms with van der Waals surface area (Å²) in [5, 5.41) is 0.554. The molecule has 0 aliphatic heterocycles. The van der Waals surface area contributed by atoms with Crippen molar-refractivity contribution < 1.29 is 17.8 Å². The fourth-order valence-electron chi connectivity index (χ4n) is 1.60. The molecule has 0 bridgehead atoms. The van der Waals surface area contributed by atoms with E-state index in [-0.39, 0.29) is 15.5 Å². The van der Waals surface area contributed by atoms with Crippen molar-refractivity contribution in [3.05, 3.63) is 63.6 Å². The standard InChI is InChI=1S/C14H8Cl2F2O2S/c15-9-2-3-10(16)14(6-9)21(20)7-13(19)8-1-4-11(17)12(18)5-8/h1-6H,7H2. The molecule has 0 aromatic heterocycles. The molecular weight excluding hydrogens is 341 g/mol. The normalized spacial score (nSPS) is 12.2. The van der Waals surface area contributed by atoms with Crippen LogP contribution < -0.4 is 0 Å². The SMILES string of the molecule is O=C(CS(=O)c1cc(Cl)ccc1Cl)c1ccc(F)c(F)c1. The van der Waals surface area contributed by atoms with Crippen LogP contribution >= 0.6 is 23.2 Å². The molecule has 2 nitrogen and oxygen atoms in total.